The molecule has 0 aromatic heterocycles. The number of carbonyl (C=O) groups is 3. The van der Waals surface area contributed by atoms with Gasteiger partial charge in [-0.15, -0.1) is 6.58 Å². The number of rotatable bonds is 9. The molecule has 0 amide bonds. The third-order valence-corrected chi connectivity index (χ3v) is 2.59. The molecule has 6 nitrogen and oxygen atoms in total. The lowest BCUT2D eigenvalue weighted by molar-refractivity contribution is -0.172. The third-order valence-electron chi connectivity index (χ3n) is 2.59. The molecule has 0 aliphatic rings. The van der Waals surface area contributed by atoms with Crippen LogP contribution in [0, 0.1) is 5.41 Å². The van der Waals surface area contributed by atoms with E-state index >= 15 is 0 Å². The summed E-state index contributed by atoms with van der Waals surface area (Å²) in [7, 11) is 0. The quantitative estimate of drug-likeness (QED) is 0.389. The lowest BCUT2D eigenvalue weighted by Gasteiger charge is -2.27. The highest BCUT2D eigenvalue weighted by Gasteiger charge is 2.47. The summed E-state index contributed by atoms with van der Waals surface area (Å²) >= 11 is 0. The Morgan fingerprint density at radius 2 is 1.63 bits per heavy atom. The highest BCUT2D eigenvalue weighted by Crippen LogP contribution is 2.32. The molecular formula is C13H20O6. The number of aliphatic carboxylic acids is 1. The van der Waals surface area contributed by atoms with E-state index in [9.17, 15) is 14.4 Å². The summed E-state index contributed by atoms with van der Waals surface area (Å²) in [6, 6.07) is 0. The number of carboxylic acids is 1. The standard InChI is InChI=1S/C13H20O6/c1-4-8-13(9-7-10(14)15,11(16)18-5-2)12(17)19-6-3/h4H,1,5-9H2,2-3H3,(H,14,15). The summed E-state index contributed by atoms with van der Waals surface area (Å²) in [6.45, 7) is 6.92. The molecule has 19 heavy (non-hydrogen) atoms. The van der Waals surface area contributed by atoms with Gasteiger partial charge in [-0.2, -0.15) is 0 Å². The molecule has 0 fully saturated rings. The second-order valence-electron chi connectivity index (χ2n) is 3.91. The average molecular weight is 272 g/mol. The highest BCUT2D eigenvalue weighted by atomic mass is 16.6. The molecule has 0 heterocycles. The Kier molecular flexibility index (Phi) is 7.48. The van der Waals surface area contributed by atoms with Gasteiger partial charge in [0.05, 0.1) is 13.2 Å². The Morgan fingerprint density at radius 3 is 1.95 bits per heavy atom. The molecule has 0 aliphatic carbocycles. The Labute approximate surface area is 112 Å². The Balaban J connectivity index is 5.31. The first-order valence-corrected chi connectivity index (χ1v) is 6.11. The van der Waals surface area contributed by atoms with E-state index in [1.54, 1.807) is 13.8 Å². The molecule has 0 rings (SSSR count). The van der Waals surface area contributed by atoms with Gasteiger partial charge >= 0.3 is 17.9 Å². The zero-order chi connectivity index (χ0) is 14.9. The first-order chi connectivity index (χ1) is 8.94. The fraction of sp³-hybridized carbons (Fsp3) is 0.615. The Morgan fingerprint density at radius 1 is 1.16 bits per heavy atom. The van der Waals surface area contributed by atoms with Crippen molar-refractivity contribution in [1.29, 1.82) is 0 Å². The topological polar surface area (TPSA) is 89.9 Å². The maximum atomic E-state index is 12.0. The van der Waals surface area contributed by atoms with Gasteiger partial charge in [0.15, 0.2) is 5.41 Å². The summed E-state index contributed by atoms with van der Waals surface area (Å²) in [5, 5.41) is 8.74. The van der Waals surface area contributed by atoms with Crippen LogP contribution in [0.1, 0.15) is 33.1 Å². The zero-order valence-corrected chi connectivity index (χ0v) is 11.3. The second kappa shape index (κ2) is 8.29. The molecule has 0 aromatic carbocycles. The van der Waals surface area contributed by atoms with Gasteiger partial charge in [-0.05, 0) is 26.7 Å². The molecule has 108 valence electrons. The van der Waals surface area contributed by atoms with Gasteiger partial charge in [-0.3, -0.25) is 14.4 Å². The first-order valence-electron chi connectivity index (χ1n) is 6.11. The van der Waals surface area contributed by atoms with Gasteiger partial charge in [-0.25, -0.2) is 0 Å². The van der Waals surface area contributed by atoms with E-state index in [-0.39, 0.29) is 32.5 Å². The Hall–Kier alpha value is -1.85. The molecule has 0 saturated carbocycles. The van der Waals surface area contributed by atoms with Crippen LogP contribution < -0.4 is 0 Å². The summed E-state index contributed by atoms with van der Waals surface area (Å²) in [4.78, 5) is 34.7. The minimum absolute atomic E-state index is 0.0159. The van der Waals surface area contributed by atoms with Gasteiger partial charge < -0.3 is 14.6 Å². The molecular weight excluding hydrogens is 252 g/mol. The molecule has 1 N–H and O–H groups in total. The van der Waals surface area contributed by atoms with Crippen LogP contribution in [0.25, 0.3) is 0 Å². The van der Waals surface area contributed by atoms with Crippen LogP contribution >= 0.6 is 0 Å². The van der Waals surface area contributed by atoms with Crippen LogP contribution in [-0.4, -0.2) is 36.2 Å². The number of carbonyl (C=O) groups excluding carboxylic acids is 2. The maximum absolute atomic E-state index is 12.0. The fourth-order valence-corrected chi connectivity index (χ4v) is 1.66. The fourth-order valence-electron chi connectivity index (χ4n) is 1.66. The third kappa shape index (κ3) is 4.73. The number of hydrogen-bond acceptors (Lipinski definition) is 5. The monoisotopic (exact) mass is 272 g/mol. The number of hydrogen-bond donors (Lipinski definition) is 1. The molecule has 0 bridgehead atoms. The summed E-state index contributed by atoms with van der Waals surface area (Å²) in [6.07, 6.45) is 0.866. The molecule has 0 aliphatic heterocycles. The predicted molar refractivity (Wildman–Crippen MR) is 67.4 cm³/mol. The van der Waals surface area contributed by atoms with Gasteiger partial charge in [-0.1, -0.05) is 6.08 Å². The van der Waals surface area contributed by atoms with Crippen molar-refractivity contribution in [2.24, 2.45) is 5.41 Å². The lowest BCUT2D eigenvalue weighted by atomic mass is 9.80. The van der Waals surface area contributed by atoms with Crippen LogP contribution in [0.3, 0.4) is 0 Å². The molecule has 0 aromatic rings. The molecule has 0 spiro atoms. The zero-order valence-electron chi connectivity index (χ0n) is 11.3. The van der Waals surface area contributed by atoms with Crippen LogP contribution in [-0.2, 0) is 23.9 Å². The molecule has 0 atom stereocenters. The van der Waals surface area contributed by atoms with Crippen molar-refractivity contribution in [2.45, 2.75) is 33.1 Å². The van der Waals surface area contributed by atoms with Crippen LogP contribution in [0.4, 0.5) is 0 Å². The van der Waals surface area contributed by atoms with Gasteiger partial charge in [0.2, 0.25) is 0 Å². The average Bonchev–Trinajstić information content (AvgIpc) is 2.34. The maximum Gasteiger partial charge on any atom is 0.323 e. The normalized spacial score (nSPS) is 10.6. The minimum Gasteiger partial charge on any atom is -0.481 e. The van der Waals surface area contributed by atoms with Gasteiger partial charge in [0.1, 0.15) is 0 Å². The summed E-state index contributed by atoms with van der Waals surface area (Å²) in [5.41, 5.74) is -1.62. The molecule has 0 saturated heterocycles. The van der Waals surface area contributed by atoms with Crippen LogP contribution in [0.15, 0.2) is 12.7 Å². The Bertz CT molecular complexity index is 329. The number of esters is 2. The summed E-state index contributed by atoms with van der Waals surface area (Å²) < 4.78 is 9.76. The van der Waals surface area contributed by atoms with Gasteiger partial charge in [0, 0.05) is 6.42 Å². The van der Waals surface area contributed by atoms with Crippen LogP contribution in [0.5, 0.6) is 0 Å². The van der Waals surface area contributed by atoms with Crippen LogP contribution in [0.2, 0.25) is 0 Å². The number of ether oxygens (including phenoxy) is 2. The predicted octanol–water partition coefficient (Wildman–Crippen LogP) is 1.54. The van der Waals surface area contributed by atoms with Crippen molar-refractivity contribution in [3.05, 3.63) is 12.7 Å². The number of allylic oxidation sites excluding steroid dienone is 1. The summed E-state index contributed by atoms with van der Waals surface area (Å²) in [5.74, 6) is -2.63. The highest BCUT2D eigenvalue weighted by molar-refractivity contribution is 6.00. The van der Waals surface area contributed by atoms with Crippen molar-refractivity contribution < 1.29 is 29.0 Å². The number of carboxylic acid groups (broad SMARTS) is 1. The van der Waals surface area contributed by atoms with Crippen molar-refractivity contribution in [3.8, 4) is 0 Å². The van der Waals surface area contributed by atoms with E-state index in [2.05, 4.69) is 6.58 Å². The van der Waals surface area contributed by atoms with Gasteiger partial charge in [0.25, 0.3) is 0 Å². The molecule has 0 radical (unpaired) electrons. The van der Waals surface area contributed by atoms with E-state index in [1.165, 1.54) is 6.08 Å². The smallest absolute Gasteiger partial charge is 0.323 e. The largest absolute Gasteiger partial charge is 0.481 e. The van der Waals surface area contributed by atoms with E-state index in [4.69, 9.17) is 14.6 Å². The van der Waals surface area contributed by atoms with E-state index in [1.807, 2.05) is 0 Å². The van der Waals surface area contributed by atoms with Crippen molar-refractivity contribution in [2.75, 3.05) is 13.2 Å². The van der Waals surface area contributed by atoms with Crippen molar-refractivity contribution >= 4 is 17.9 Å². The SMILES string of the molecule is C=CCC(CCC(=O)O)(C(=O)OCC)C(=O)OCC. The van der Waals surface area contributed by atoms with E-state index < -0.39 is 23.3 Å². The minimum atomic E-state index is -1.62. The first kappa shape index (κ1) is 17.2. The van der Waals surface area contributed by atoms with Crippen molar-refractivity contribution in [3.63, 3.8) is 0 Å². The van der Waals surface area contributed by atoms with E-state index in [0.717, 1.165) is 0 Å². The van der Waals surface area contributed by atoms with E-state index in [0.29, 0.717) is 0 Å². The van der Waals surface area contributed by atoms with Crippen molar-refractivity contribution in [1.82, 2.24) is 0 Å². The molecule has 6 heteroatoms. The molecule has 0 unspecified atom stereocenters. The lowest BCUT2D eigenvalue weighted by Crippen LogP contribution is -2.42. The second-order valence-corrected chi connectivity index (χ2v) is 3.91.